The first-order chi connectivity index (χ1) is 9.06. The summed E-state index contributed by atoms with van der Waals surface area (Å²) in [4.78, 5) is 12.1. The van der Waals surface area contributed by atoms with Crippen LogP contribution in [0.2, 0.25) is 5.02 Å². The van der Waals surface area contributed by atoms with E-state index in [0.717, 1.165) is 12.8 Å². The lowest BCUT2D eigenvalue weighted by atomic mass is 10.1. The van der Waals surface area contributed by atoms with Crippen LogP contribution in [0.3, 0.4) is 0 Å². The summed E-state index contributed by atoms with van der Waals surface area (Å²) in [6.45, 7) is 4.20. The normalized spacial score (nSPS) is 12.2. The van der Waals surface area contributed by atoms with Gasteiger partial charge in [0.05, 0.1) is 10.6 Å². The van der Waals surface area contributed by atoms with Crippen LogP contribution in [0.15, 0.2) is 18.2 Å². The molecular formula is C15H23ClN2O. The van der Waals surface area contributed by atoms with Crippen molar-refractivity contribution < 1.29 is 4.79 Å². The topological polar surface area (TPSA) is 55.1 Å². The fourth-order valence-electron chi connectivity index (χ4n) is 2.03. The highest BCUT2D eigenvalue weighted by Crippen LogP contribution is 2.22. The van der Waals surface area contributed by atoms with Crippen LogP contribution in [0.5, 0.6) is 0 Å². The number of amides is 1. The molecule has 0 fully saturated rings. The van der Waals surface area contributed by atoms with Crippen LogP contribution in [0.25, 0.3) is 0 Å². The van der Waals surface area contributed by atoms with Gasteiger partial charge >= 0.3 is 0 Å². The van der Waals surface area contributed by atoms with E-state index in [4.69, 9.17) is 17.3 Å². The van der Waals surface area contributed by atoms with Gasteiger partial charge in [-0.05, 0) is 25.5 Å². The van der Waals surface area contributed by atoms with E-state index in [-0.39, 0.29) is 11.9 Å². The van der Waals surface area contributed by atoms with Gasteiger partial charge in [0.2, 0.25) is 0 Å². The van der Waals surface area contributed by atoms with Crippen LogP contribution in [0.1, 0.15) is 56.3 Å². The Morgan fingerprint density at radius 1 is 1.37 bits per heavy atom. The third-order valence-electron chi connectivity index (χ3n) is 3.14. The summed E-state index contributed by atoms with van der Waals surface area (Å²) in [5.74, 6) is -0.189. The third kappa shape index (κ3) is 5.11. The molecule has 19 heavy (non-hydrogen) atoms. The van der Waals surface area contributed by atoms with Crippen molar-refractivity contribution in [3.63, 3.8) is 0 Å². The average Bonchev–Trinajstić information content (AvgIpc) is 2.34. The maximum Gasteiger partial charge on any atom is 0.255 e. The SMILES string of the molecule is CCCCCCC(C)NC(=O)c1c(N)cccc1Cl. The quantitative estimate of drug-likeness (QED) is 0.586. The van der Waals surface area contributed by atoms with Crippen molar-refractivity contribution in [2.45, 2.75) is 52.0 Å². The van der Waals surface area contributed by atoms with Crippen LogP contribution in [0.4, 0.5) is 5.69 Å². The first-order valence-electron chi connectivity index (χ1n) is 6.91. The molecule has 4 heteroatoms. The van der Waals surface area contributed by atoms with E-state index >= 15 is 0 Å². The summed E-state index contributed by atoms with van der Waals surface area (Å²) < 4.78 is 0. The lowest BCUT2D eigenvalue weighted by Crippen LogP contribution is -2.33. The van der Waals surface area contributed by atoms with Crippen LogP contribution in [0, 0.1) is 0 Å². The van der Waals surface area contributed by atoms with Gasteiger partial charge in [0, 0.05) is 11.7 Å². The zero-order valence-corrected chi connectivity index (χ0v) is 12.5. The number of unbranched alkanes of at least 4 members (excludes halogenated alkanes) is 3. The minimum absolute atomic E-state index is 0.139. The number of carbonyl (C=O) groups excluding carboxylic acids is 1. The Morgan fingerprint density at radius 3 is 2.74 bits per heavy atom. The minimum atomic E-state index is -0.189. The molecule has 0 aliphatic heterocycles. The molecule has 3 N–H and O–H groups in total. The van der Waals surface area contributed by atoms with Crippen LogP contribution in [-0.2, 0) is 0 Å². The zero-order valence-electron chi connectivity index (χ0n) is 11.7. The Hall–Kier alpha value is -1.22. The van der Waals surface area contributed by atoms with Gasteiger partial charge in [-0.25, -0.2) is 0 Å². The lowest BCUT2D eigenvalue weighted by Gasteiger charge is -2.15. The summed E-state index contributed by atoms with van der Waals surface area (Å²) in [5.41, 5.74) is 6.59. The maximum absolute atomic E-state index is 12.1. The number of carbonyl (C=O) groups is 1. The molecule has 0 aromatic heterocycles. The molecule has 1 aromatic rings. The summed E-state index contributed by atoms with van der Waals surface area (Å²) in [7, 11) is 0. The summed E-state index contributed by atoms with van der Waals surface area (Å²) >= 11 is 6.01. The van der Waals surface area contributed by atoms with Crippen molar-refractivity contribution in [3.8, 4) is 0 Å². The standard InChI is InChI=1S/C15H23ClN2O/c1-3-4-5-6-8-11(2)18-15(19)14-12(16)9-7-10-13(14)17/h7,9-11H,3-6,8,17H2,1-2H3,(H,18,19). The maximum atomic E-state index is 12.1. The van der Waals surface area contributed by atoms with E-state index in [2.05, 4.69) is 12.2 Å². The molecule has 3 nitrogen and oxygen atoms in total. The van der Waals surface area contributed by atoms with E-state index in [1.165, 1.54) is 19.3 Å². The number of nitrogens with two attached hydrogens (primary N) is 1. The Bertz CT molecular complexity index is 400. The van der Waals surface area contributed by atoms with Gasteiger partial charge in [-0.15, -0.1) is 0 Å². The van der Waals surface area contributed by atoms with Gasteiger partial charge in [0.15, 0.2) is 0 Å². The number of hydrogen-bond acceptors (Lipinski definition) is 2. The van der Waals surface area contributed by atoms with E-state index < -0.39 is 0 Å². The van der Waals surface area contributed by atoms with Crippen molar-refractivity contribution in [1.29, 1.82) is 0 Å². The zero-order chi connectivity index (χ0) is 14.3. The molecular weight excluding hydrogens is 260 g/mol. The van der Waals surface area contributed by atoms with Gasteiger partial charge in [-0.3, -0.25) is 4.79 Å². The van der Waals surface area contributed by atoms with E-state index in [9.17, 15) is 4.79 Å². The predicted octanol–water partition coefficient (Wildman–Crippen LogP) is 4.01. The summed E-state index contributed by atoms with van der Waals surface area (Å²) in [6, 6.07) is 5.24. The van der Waals surface area contributed by atoms with Crippen molar-refractivity contribution in [1.82, 2.24) is 5.32 Å². The first-order valence-corrected chi connectivity index (χ1v) is 7.29. The van der Waals surface area contributed by atoms with Crippen molar-refractivity contribution in [3.05, 3.63) is 28.8 Å². The number of anilines is 1. The summed E-state index contributed by atoms with van der Waals surface area (Å²) in [6.07, 6.45) is 5.79. The average molecular weight is 283 g/mol. The molecule has 0 aliphatic rings. The smallest absolute Gasteiger partial charge is 0.255 e. The predicted molar refractivity (Wildman–Crippen MR) is 81.6 cm³/mol. The fraction of sp³-hybridized carbons (Fsp3) is 0.533. The van der Waals surface area contributed by atoms with E-state index in [1.54, 1.807) is 18.2 Å². The second kappa shape index (κ2) is 8.05. The molecule has 0 bridgehead atoms. The largest absolute Gasteiger partial charge is 0.398 e. The molecule has 0 aliphatic carbocycles. The monoisotopic (exact) mass is 282 g/mol. The molecule has 0 saturated carbocycles. The van der Waals surface area contributed by atoms with Gasteiger partial charge in [0.25, 0.3) is 5.91 Å². The van der Waals surface area contributed by atoms with E-state index in [0.29, 0.717) is 16.3 Å². The van der Waals surface area contributed by atoms with Crippen molar-refractivity contribution in [2.24, 2.45) is 0 Å². The molecule has 1 atom stereocenters. The van der Waals surface area contributed by atoms with Gasteiger partial charge in [-0.2, -0.15) is 0 Å². The number of rotatable bonds is 7. The van der Waals surface area contributed by atoms with Gasteiger partial charge in [-0.1, -0.05) is 50.3 Å². The molecule has 0 saturated heterocycles. The molecule has 0 radical (unpaired) electrons. The van der Waals surface area contributed by atoms with Crippen molar-refractivity contribution in [2.75, 3.05) is 5.73 Å². The molecule has 1 aromatic carbocycles. The Labute approximate surface area is 120 Å². The van der Waals surface area contributed by atoms with Crippen molar-refractivity contribution >= 4 is 23.2 Å². The number of nitrogens with one attached hydrogen (secondary N) is 1. The third-order valence-corrected chi connectivity index (χ3v) is 3.46. The Morgan fingerprint density at radius 2 is 2.11 bits per heavy atom. The Kier molecular flexibility index (Phi) is 6.71. The van der Waals surface area contributed by atoms with Crippen LogP contribution < -0.4 is 11.1 Å². The lowest BCUT2D eigenvalue weighted by molar-refractivity contribution is 0.0939. The molecule has 1 rings (SSSR count). The minimum Gasteiger partial charge on any atom is -0.398 e. The van der Waals surface area contributed by atoms with Gasteiger partial charge < -0.3 is 11.1 Å². The molecule has 0 spiro atoms. The van der Waals surface area contributed by atoms with Gasteiger partial charge in [0.1, 0.15) is 0 Å². The van der Waals surface area contributed by atoms with Crippen LogP contribution >= 0.6 is 11.6 Å². The summed E-state index contributed by atoms with van der Waals surface area (Å²) in [5, 5.41) is 3.35. The van der Waals surface area contributed by atoms with Crippen LogP contribution in [-0.4, -0.2) is 11.9 Å². The van der Waals surface area contributed by atoms with E-state index in [1.807, 2.05) is 6.92 Å². The molecule has 1 amide bonds. The second-order valence-corrected chi connectivity index (χ2v) is 5.34. The number of halogens is 1. The first kappa shape index (κ1) is 15.8. The number of nitrogen functional groups attached to an aromatic ring is 1. The number of benzene rings is 1. The number of hydrogen-bond donors (Lipinski definition) is 2. The highest BCUT2D eigenvalue weighted by atomic mass is 35.5. The molecule has 106 valence electrons. The fourth-order valence-corrected chi connectivity index (χ4v) is 2.29. The molecule has 0 heterocycles. The second-order valence-electron chi connectivity index (χ2n) is 4.93. The highest BCUT2D eigenvalue weighted by Gasteiger charge is 2.15. The highest BCUT2D eigenvalue weighted by molar-refractivity contribution is 6.34. The molecule has 1 unspecified atom stereocenters. The Balaban J connectivity index is 2.50.